The number of rotatable bonds is 4. The van der Waals surface area contributed by atoms with Gasteiger partial charge in [0.05, 0.1) is 23.9 Å². The number of nitrogens with zero attached hydrogens (tertiary/aromatic N) is 4. The van der Waals surface area contributed by atoms with E-state index in [2.05, 4.69) is 15.9 Å². The number of aromatic nitrogens is 2. The molecule has 0 bridgehead atoms. The van der Waals surface area contributed by atoms with Crippen LogP contribution in [0, 0.1) is 0 Å². The molecule has 0 radical (unpaired) electrons. The summed E-state index contributed by atoms with van der Waals surface area (Å²) in [7, 11) is 1.70. The summed E-state index contributed by atoms with van der Waals surface area (Å²) in [6.07, 6.45) is 0. The Morgan fingerprint density at radius 3 is 2.38 bits per heavy atom. The number of fused-ring (bicyclic) bond motifs is 1. The van der Waals surface area contributed by atoms with Crippen LogP contribution in [0.3, 0.4) is 0 Å². The Bertz CT molecular complexity index is 1270. The molecule has 1 N–H and O–H groups in total. The monoisotopic (exact) mass is 446 g/mol. The van der Waals surface area contributed by atoms with Gasteiger partial charge in [0, 0.05) is 36.6 Å². The van der Waals surface area contributed by atoms with E-state index in [1.807, 2.05) is 48.5 Å². The number of ether oxygens (including phenoxy) is 1. The number of phenols is 1. The average Bonchev–Trinajstić information content (AvgIpc) is 2.83. The van der Waals surface area contributed by atoms with Gasteiger partial charge in [-0.3, -0.25) is 0 Å². The highest BCUT2D eigenvalue weighted by Crippen LogP contribution is 2.34. The average molecular weight is 447 g/mol. The summed E-state index contributed by atoms with van der Waals surface area (Å²) < 4.78 is 5.54. The number of hydrogen-bond acceptors (Lipinski definition) is 6. The molecule has 3 aromatic carbocycles. The zero-order chi connectivity index (χ0) is 22.1. The molecule has 0 aliphatic carbocycles. The lowest BCUT2D eigenvalue weighted by Crippen LogP contribution is -2.47. The van der Waals surface area contributed by atoms with Crippen molar-refractivity contribution in [3.05, 3.63) is 71.8 Å². The van der Waals surface area contributed by atoms with Crippen molar-refractivity contribution >= 4 is 34.0 Å². The minimum Gasteiger partial charge on any atom is -0.507 e. The summed E-state index contributed by atoms with van der Waals surface area (Å²) in [5.74, 6) is 2.37. The molecule has 1 aromatic heterocycles. The highest BCUT2D eigenvalue weighted by molar-refractivity contribution is 6.31. The van der Waals surface area contributed by atoms with E-state index >= 15 is 0 Å². The molecule has 0 saturated carbocycles. The Hall–Kier alpha value is -3.51. The molecule has 5 rings (SSSR count). The van der Waals surface area contributed by atoms with Crippen LogP contribution < -0.4 is 14.5 Å². The number of benzene rings is 3. The van der Waals surface area contributed by atoms with Gasteiger partial charge < -0.3 is 19.6 Å². The second kappa shape index (κ2) is 8.55. The van der Waals surface area contributed by atoms with Gasteiger partial charge in [0.2, 0.25) is 0 Å². The Kier molecular flexibility index (Phi) is 5.45. The molecule has 1 aliphatic heterocycles. The fourth-order valence-electron chi connectivity index (χ4n) is 4.16. The summed E-state index contributed by atoms with van der Waals surface area (Å²) >= 11 is 6.26. The molecular formula is C25H23ClN4O2. The summed E-state index contributed by atoms with van der Waals surface area (Å²) in [5.41, 5.74) is 2.46. The maximum absolute atomic E-state index is 10.4. The lowest BCUT2D eigenvalue weighted by Gasteiger charge is -2.37. The third kappa shape index (κ3) is 3.78. The SMILES string of the molecule is COc1ccccc1N1CCN(c2nc(-c3ccccc3O)nc3cc(Cl)ccc23)CC1. The predicted octanol–water partition coefficient (Wildman–Crippen LogP) is 4.99. The van der Waals surface area contributed by atoms with Gasteiger partial charge in [0.15, 0.2) is 5.82 Å². The van der Waals surface area contributed by atoms with Crippen molar-refractivity contribution in [1.82, 2.24) is 9.97 Å². The standard InChI is InChI=1S/C25H23ClN4O2/c1-32-23-9-5-3-7-21(23)29-12-14-30(15-13-29)25-18-11-10-17(26)16-20(18)27-24(28-25)19-6-2-4-8-22(19)31/h2-11,16,31H,12-15H2,1H3. The third-order valence-corrected chi connectivity index (χ3v) is 6.02. The Balaban J connectivity index is 1.51. The zero-order valence-corrected chi connectivity index (χ0v) is 18.5. The van der Waals surface area contributed by atoms with E-state index < -0.39 is 0 Å². The predicted molar refractivity (Wildman–Crippen MR) is 129 cm³/mol. The number of para-hydroxylation sites is 3. The molecule has 0 atom stereocenters. The maximum Gasteiger partial charge on any atom is 0.165 e. The summed E-state index contributed by atoms with van der Waals surface area (Å²) in [5, 5.41) is 11.9. The third-order valence-electron chi connectivity index (χ3n) is 5.79. The van der Waals surface area contributed by atoms with E-state index in [1.165, 1.54) is 0 Å². The van der Waals surface area contributed by atoms with Crippen LogP contribution in [0.1, 0.15) is 0 Å². The van der Waals surface area contributed by atoms with E-state index in [4.69, 9.17) is 26.3 Å². The number of halogens is 1. The molecule has 2 heterocycles. The molecule has 1 fully saturated rings. The van der Waals surface area contributed by atoms with E-state index in [1.54, 1.807) is 19.2 Å². The van der Waals surface area contributed by atoms with Crippen LogP contribution in [-0.2, 0) is 0 Å². The van der Waals surface area contributed by atoms with Crippen molar-refractivity contribution in [3.8, 4) is 22.9 Å². The maximum atomic E-state index is 10.4. The van der Waals surface area contributed by atoms with Gasteiger partial charge >= 0.3 is 0 Å². The van der Waals surface area contributed by atoms with Crippen molar-refractivity contribution in [2.24, 2.45) is 0 Å². The smallest absolute Gasteiger partial charge is 0.165 e. The first-order chi connectivity index (χ1) is 15.6. The second-order valence-corrected chi connectivity index (χ2v) is 8.13. The van der Waals surface area contributed by atoms with Crippen LogP contribution in [0.25, 0.3) is 22.3 Å². The van der Waals surface area contributed by atoms with Gasteiger partial charge in [0.25, 0.3) is 0 Å². The minimum atomic E-state index is 0.154. The van der Waals surface area contributed by atoms with Crippen molar-refractivity contribution < 1.29 is 9.84 Å². The lowest BCUT2D eigenvalue weighted by molar-refractivity contribution is 0.413. The molecule has 32 heavy (non-hydrogen) atoms. The second-order valence-electron chi connectivity index (χ2n) is 7.70. The van der Waals surface area contributed by atoms with E-state index in [0.717, 1.165) is 54.3 Å². The van der Waals surface area contributed by atoms with Crippen LogP contribution in [0.15, 0.2) is 66.7 Å². The first kappa shape index (κ1) is 20.4. The molecule has 7 heteroatoms. The van der Waals surface area contributed by atoms with Crippen molar-refractivity contribution in [1.29, 1.82) is 0 Å². The highest BCUT2D eigenvalue weighted by Gasteiger charge is 2.23. The van der Waals surface area contributed by atoms with Crippen molar-refractivity contribution in [2.45, 2.75) is 0 Å². The van der Waals surface area contributed by atoms with Crippen LogP contribution in [0.5, 0.6) is 11.5 Å². The molecule has 0 amide bonds. The summed E-state index contributed by atoms with van der Waals surface area (Å²) in [4.78, 5) is 14.2. The zero-order valence-electron chi connectivity index (χ0n) is 17.7. The van der Waals surface area contributed by atoms with Gasteiger partial charge in [-0.25, -0.2) is 9.97 Å². The highest BCUT2D eigenvalue weighted by atomic mass is 35.5. The number of methoxy groups -OCH3 is 1. The van der Waals surface area contributed by atoms with Gasteiger partial charge in [-0.2, -0.15) is 0 Å². The topological polar surface area (TPSA) is 61.7 Å². The Morgan fingerprint density at radius 1 is 0.875 bits per heavy atom. The molecule has 0 spiro atoms. The van der Waals surface area contributed by atoms with Gasteiger partial charge in [-0.05, 0) is 42.5 Å². The molecule has 6 nitrogen and oxygen atoms in total. The van der Waals surface area contributed by atoms with E-state index in [-0.39, 0.29) is 5.75 Å². The number of piperazine rings is 1. The molecule has 1 saturated heterocycles. The van der Waals surface area contributed by atoms with Crippen LogP contribution in [-0.4, -0.2) is 48.4 Å². The van der Waals surface area contributed by atoms with Crippen molar-refractivity contribution in [2.75, 3.05) is 43.1 Å². The first-order valence-electron chi connectivity index (χ1n) is 10.5. The minimum absolute atomic E-state index is 0.154. The Labute approximate surface area is 191 Å². The molecule has 1 aliphatic rings. The fourth-order valence-corrected chi connectivity index (χ4v) is 4.33. The summed E-state index contributed by atoms with van der Waals surface area (Å²) in [6, 6.07) is 20.9. The van der Waals surface area contributed by atoms with Gasteiger partial charge in [-0.15, -0.1) is 0 Å². The largest absolute Gasteiger partial charge is 0.507 e. The molecule has 4 aromatic rings. The molecule has 162 valence electrons. The molecular weight excluding hydrogens is 424 g/mol. The Morgan fingerprint density at radius 2 is 1.59 bits per heavy atom. The van der Waals surface area contributed by atoms with E-state index in [0.29, 0.717) is 16.4 Å². The fraction of sp³-hybridized carbons (Fsp3) is 0.200. The number of anilines is 2. The van der Waals surface area contributed by atoms with Crippen molar-refractivity contribution in [3.63, 3.8) is 0 Å². The number of hydrogen-bond donors (Lipinski definition) is 1. The first-order valence-corrected chi connectivity index (χ1v) is 10.9. The van der Waals surface area contributed by atoms with Crippen LogP contribution in [0.4, 0.5) is 11.5 Å². The lowest BCUT2D eigenvalue weighted by atomic mass is 10.1. The summed E-state index contributed by atoms with van der Waals surface area (Å²) in [6.45, 7) is 3.27. The molecule has 0 unspecified atom stereocenters. The number of aromatic hydroxyl groups is 1. The van der Waals surface area contributed by atoms with Crippen LogP contribution in [0.2, 0.25) is 5.02 Å². The quantitative estimate of drug-likeness (QED) is 0.476. The van der Waals surface area contributed by atoms with Gasteiger partial charge in [0.1, 0.15) is 17.3 Å². The normalized spacial score (nSPS) is 14.1. The van der Waals surface area contributed by atoms with Gasteiger partial charge in [-0.1, -0.05) is 35.9 Å². The van der Waals surface area contributed by atoms with E-state index in [9.17, 15) is 5.11 Å². The van der Waals surface area contributed by atoms with Crippen LogP contribution >= 0.6 is 11.6 Å². The number of phenolic OH excluding ortho intramolecular Hbond substituents is 1.